The van der Waals surface area contributed by atoms with Crippen molar-refractivity contribution in [2.24, 2.45) is 5.73 Å². The first-order valence-electron chi connectivity index (χ1n) is 5.63. The molecule has 0 aliphatic heterocycles. The fourth-order valence-electron chi connectivity index (χ4n) is 1.69. The minimum absolute atomic E-state index is 0.397. The largest absolute Gasteiger partial charge is 0.468 e. The molecule has 1 heterocycles. The van der Waals surface area contributed by atoms with Crippen LogP contribution in [-0.2, 0) is 16.0 Å². The molecule has 1 atom stereocenters. The van der Waals surface area contributed by atoms with Crippen molar-refractivity contribution >= 4 is 5.97 Å². The Kier molecular flexibility index (Phi) is 3.74. The first kappa shape index (κ1) is 12.3. The van der Waals surface area contributed by atoms with E-state index in [1.54, 1.807) is 10.9 Å². The maximum atomic E-state index is 11.2. The summed E-state index contributed by atoms with van der Waals surface area (Å²) in [5.41, 5.74) is 7.66. The highest BCUT2D eigenvalue weighted by Gasteiger charge is 2.13. The zero-order chi connectivity index (χ0) is 13.0. The predicted octanol–water partition coefficient (Wildman–Crippen LogP) is 0.915. The average Bonchev–Trinajstić information content (AvgIpc) is 2.92. The maximum absolute atomic E-state index is 11.2. The van der Waals surface area contributed by atoms with Crippen LogP contribution in [0, 0.1) is 0 Å². The molecule has 0 unspecified atom stereocenters. The van der Waals surface area contributed by atoms with Gasteiger partial charge in [-0.25, -0.2) is 4.68 Å². The van der Waals surface area contributed by atoms with Crippen molar-refractivity contribution in [1.82, 2.24) is 9.78 Å². The number of nitrogens with two attached hydrogens (primary N) is 1. The molecule has 0 aliphatic rings. The van der Waals surface area contributed by atoms with Crippen LogP contribution in [0.25, 0.3) is 5.69 Å². The number of rotatable bonds is 4. The van der Waals surface area contributed by atoms with Crippen molar-refractivity contribution in [1.29, 1.82) is 0 Å². The van der Waals surface area contributed by atoms with Gasteiger partial charge in [-0.05, 0) is 30.2 Å². The summed E-state index contributed by atoms with van der Waals surface area (Å²) in [6.45, 7) is 0. The van der Waals surface area contributed by atoms with Crippen LogP contribution in [-0.4, -0.2) is 28.9 Å². The Morgan fingerprint density at radius 1 is 1.44 bits per heavy atom. The summed E-state index contributed by atoms with van der Waals surface area (Å²) in [5, 5.41) is 4.14. The molecule has 1 aromatic heterocycles. The lowest BCUT2D eigenvalue weighted by Gasteiger charge is -2.09. The standard InChI is InChI=1S/C13H15N3O2/c1-18-13(17)12(14)9-10-3-5-11(6-4-10)16-8-2-7-15-16/h2-8,12H,9,14H2,1H3/t12-/m0/s1. The second kappa shape index (κ2) is 5.46. The van der Waals surface area contributed by atoms with Gasteiger partial charge in [-0.2, -0.15) is 5.10 Å². The van der Waals surface area contributed by atoms with Gasteiger partial charge in [0.2, 0.25) is 0 Å². The Balaban J connectivity index is 2.06. The zero-order valence-electron chi connectivity index (χ0n) is 10.1. The lowest BCUT2D eigenvalue weighted by Crippen LogP contribution is -2.33. The van der Waals surface area contributed by atoms with E-state index >= 15 is 0 Å². The van der Waals surface area contributed by atoms with Gasteiger partial charge in [0.05, 0.1) is 12.8 Å². The highest BCUT2D eigenvalue weighted by atomic mass is 16.5. The van der Waals surface area contributed by atoms with Gasteiger partial charge < -0.3 is 10.5 Å². The average molecular weight is 245 g/mol. The van der Waals surface area contributed by atoms with Gasteiger partial charge >= 0.3 is 5.97 Å². The number of nitrogens with zero attached hydrogens (tertiary/aromatic N) is 2. The van der Waals surface area contributed by atoms with Crippen LogP contribution in [0.3, 0.4) is 0 Å². The molecule has 0 fully saturated rings. The van der Waals surface area contributed by atoms with E-state index in [4.69, 9.17) is 5.73 Å². The highest BCUT2D eigenvalue weighted by molar-refractivity contribution is 5.75. The van der Waals surface area contributed by atoms with Crippen molar-refractivity contribution in [2.45, 2.75) is 12.5 Å². The Morgan fingerprint density at radius 2 is 2.17 bits per heavy atom. The SMILES string of the molecule is COC(=O)[C@@H](N)Cc1ccc(-n2cccn2)cc1. The normalized spacial score (nSPS) is 12.1. The molecule has 1 aromatic carbocycles. The molecule has 0 saturated carbocycles. The molecule has 0 radical (unpaired) electrons. The molecule has 0 amide bonds. The van der Waals surface area contributed by atoms with E-state index in [-0.39, 0.29) is 0 Å². The van der Waals surface area contributed by atoms with Crippen molar-refractivity contribution in [3.63, 3.8) is 0 Å². The van der Waals surface area contributed by atoms with Gasteiger partial charge in [-0.15, -0.1) is 0 Å². The van der Waals surface area contributed by atoms with Crippen LogP contribution >= 0.6 is 0 Å². The second-order valence-corrected chi connectivity index (χ2v) is 3.95. The Hall–Kier alpha value is -2.14. The van der Waals surface area contributed by atoms with E-state index in [0.717, 1.165) is 11.3 Å². The van der Waals surface area contributed by atoms with Gasteiger partial charge in [0.15, 0.2) is 0 Å². The summed E-state index contributed by atoms with van der Waals surface area (Å²) in [6.07, 6.45) is 4.06. The fraction of sp³-hybridized carbons (Fsp3) is 0.231. The molecular formula is C13H15N3O2. The van der Waals surface area contributed by atoms with Gasteiger partial charge in [0, 0.05) is 12.4 Å². The minimum atomic E-state index is -0.620. The van der Waals surface area contributed by atoms with Crippen LogP contribution in [0.15, 0.2) is 42.7 Å². The maximum Gasteiger partial charge on any atom is 0.322 e. The number of esters is 1. The van der Waals surface area contributed by atoms with Crippen LogP contribution in [0.2, 0.25) is 0 Å². The minimum Gasteiger partial charge on any atom is -0.468 e. The molecule has 0 saturated heterocycles. The predicted molar refractivity (Wildman–Crippen MR) is 67.3 cm³/mol. The number of hydrogen-bond acceptors (Lipinski definition) is 4. The summed E-state index contributed by atoms with van der Waals surface area (Å²) in [5.74, 6) is -0.397. The smallest absolute Gasteiger partial charge is 0.322 e. The van der Waals surface area contributed by atoms with Gasteiger partial charge in [0.25, 0.3) is 0 Å². The Bertz CT molecular complexity index is 506. The molecule has 2 aromatic rings. The third-order valence-corrected chi connectivity index (χ3v) is 2.66. The molecule has 2 rings (SSSR count). The molecule has 0 aliphatic carbocycles. The first-order chi connectivity index (χ1) is 8.70. The van der Waals surface area contributed by atoms with E-state index in [2.05, 4.69) is 9.84 Å². The van der Waals surface area contributed by atoms with Crippen LogP contribution < -0.4 is 5.73 Å². The van der Waals surface area contributed by atoms with Crippen molar-refractivity contribution < 1.29 is 9.53 Å². The van der Waals surface area contributed by atoms with Crippen molar-refractivity contribution in [3.05, 3.63) is 48.3 Å². The summed E-state index contributed by atoms with van der Waals surface area (Å²) in [4.78, 5) is 11.2. The van der Waals surface area contributed by atoms with Crippen LogP contribution in [0.1, 0.15) is 5.56 Å². The molecule has 18 heavy (non-hydrogen) atoms. The van der Waals surface area contributed by atoms with Crippen LogP contribution in [0.4, 0.5) is 0 Å². The number of benzene rings is 1. The molecule has 2 N–H and O–H groups in total. The van der Waals surface area contributed by atoms with Crippen molar-refractivity contribution in [3.8, 4) is 5.69 Å². The van der Waals surface area contributed by atoms with Gasteiger partial charge in [-0.1, -0.05) is 12.1 Å². The fourth-order valence-corrected chi connectivity index (χ4v) is 1.69. The quantitative estimate of drug-likeness (QED) is 0.813. The highest BCUT2D eigenvalue weighted by Crippen LogP contribution is 2.10. The third-order valence-electron chi connectivity index (χ3n) is 2.66. The molecule has 5 heteroatoms. The second-order valence-electron chi connectivity index (χ2n) is 3.95. The van der Waals surface area contributed by atoms with E-state index in [9.17, 15) is 4.79 Å². The first-order valence-corrected chi connectivity index (χ1v) is 5.63. The summed E-state index contributed by atoms with van der Waals surface area (Å²) < 4.78 is 6.36. The van der Waals surface area contributed by atoms with Crippen molar-refractivity contribution in [2.75, 3.05) is 7.11 Å². The Morgan fingerprint density at radius 3 is 2.72 bits per heavy atom. The van der Waals surface area contributed by atoms with Gasteiger partial charge in [0.1, 0.15) is 6.04 Å². The van der Waals surface area contributed by atoms with E-state index < -0.39 is 12.0 Å². The van der Waals surface area contributed by atoms with Crippen LogP contribution in [0.5, 0.6) is 0 Å². The van der Waals surface area contributed by atoms with E-state index in [1.807, 2.05) is 36.5 Å². The topological polar surface area (TPSA) is 70.1 Å². The molecule has 5 nitrogen and oxygen atoms in total. The summed E-state index contributed by atoms with van der Waals surface area (Å²) >= 11 is 0. The number of methoxy groups -OCH3 is 1. The van der Waals surface area contributed by atoms with E-state index in [1.165, 1.54) is 7.11 Å². The molecular weight excluding hydrogens is 230 g/mol. The number of hydrogen-bond donors (Lipinski definition) is 1. The summed E-state index contributed by atoms with van der Waals surface area (Å²) in [7, 11) is 1.34. The van der Waals surface area contributed by atoms with Gasteiger partial charge in [-0.3, -0.25) is 4.79 Å². The lowest BCUT2D eigenvalue weighted by atomic mass is 10.1. The number of ether oxygens (including phenoxy) is 1. The van der Waals surface area contributed by atoms with E-state index in [0.29, 0.717) is 6.42 Å². The number of carbonyl (C=O) groups excluding carboxylic acids is 1. The molecule has 0 spiro atoms. The number of carbonyl (C=O) groups is 1. The zero-order valence-corrected chi connectivity index (χ0v) is 10.1. The number of aromatic nitrogens is 2. The lowest BCUT2D eigenvalue weighted by molar-refractivity contribution is -0.142. The third kappa shape index (κ3) is 2.75. The molecule has 94 valence electrons. The summed E-state index contributed by atoms with van der Waals surface area (Å²) in [6, 6.07) is 8.98. The monoisotopic (exact) mass is 245 g/mol. The Labute approximate surface area is 105 Å². The molecule has 0 bridgehead atoms.